The van der Waals surface area contributed by atoms with Crippen LogP contribution < -0.4 is 0 Å². The van der Waals surface area contributed by atoms with Gasteiger partial charge in [0.1, 0.15) is 11.3 Å². The Morgan fingerprint density at radius 1 is 1.80 bits per heavy atom. The Balaban J connectivity index is 2.19. The molecule has 32 valence electrons. The first-order valence-electron chi connectivity index (χ1n) is 0.896. The maximum atomic E-state index is 4.87. The van der Waals surface area contributed by atoms with Crippen LogP contribution in [0.4, 0.5) is 0 Å². The van der Waals surface area contributed by atoms with Crippen LogP contribution in [-0.4, -0.2) is 7.11 Å². The van der Waals surface area contributed by atoms with Gasteiger partial charge in [-0.3, -0.25) is 0 Å². The highest BCUT2D eigenvalue weighted by atomic mass is 35.7. The molecule has 0 unspecified atom stereocenters. The van der Waals surface area contributed by atoms with Gasteiger partial charge in [-0.25, -0.2) is 4.89 Å². The first kappa shape index (κ1) is 5.56. The first-order chi connectivity index (χ1) is 2.41. The van der Waals surface area contributed by atoms with Crippen LogP contribution in [0.5, 0.6) is 0 Å². The van der Waals surface area contributed by atoms with Gasteiger partial charge in [0.25, 0.3) is 0 Å². The number of halogens is 1. The lowest BCUT2D eigenvalue weighted by Gasteiger charge is -1.81. The fourth-order valence-electron chi connectivity index (χ4n) is 0.0257. The van der Waals surface area contributed by atoms with Gasteiger partial charge in [-0.2, -0.15) is 0 Å². The highest BCUT2D eigenvalue weighted by Crippen LogP contribution is 2.05. The summed E-state index contributed by atoms with van der Waals surface area (Å²) in [6, 6.07) is 0. The van der Waals surface area contributed by atoms with Crippen LogP contribution >= 0.6 is 21.9 Å². The normalized spacial score (nSPS) is 8.40. The van der Waals surface area contributed by atoms with E-state index in [0.29, 0.717) is 11.3 Å². The maximum Gasteiger partial charge on any atom is 0.141 e. The third-order valence-electron chi connectivity index (χ3n) is 0.0938. The van der Waals surface area contributed by atoms with E-state index >= 15 is 0 Å². The lowest BCUT2D eigenvalue weighted by Crippen LogP contribution is -1.67. The summed E-state index contributed by atoms with van der Waals surface area (Å²) in [6.07, 6.45) is 0. The Hall–Kier alpha value is 0.560. The largest absolute Gasteiger partial charge is 0.227 e. The lowest BCUT2D eigenvalue weighted by molar-refractivity contribution is -0.158. The summed E-state index contributed by atoms with van der Waals surface area (Å²) in [5.41, 5.74) is 0. The fraction of sp³-hybridized carbons (Fsp3) is 1.00. The summed E-state index contributed by atoms with van der Waals surface area (Å²) in [7, 11) is 6.26. The molecule has 0 fully saturated rings. The average molecular weight is 115 g/mol. The van der Waals surface area contributed by atoms with E-state index < -0.39 is 0 Å². The summed E-state index contributed by atoms with van der Waals surface area (Å²) < 4.78 is 4.02. The predicted octanol–water partition coefficient (Wildman–Crippen LogP) is 1.37. The summed E-state index contributed by atoms with van der Waals surface area (Å²) in [6.45, 7) is 0. The van der Waals surface area contributed by atoms with Crippen LogP contribution in [0.2, 0.25) is 0 Å². The van der Waals surface area contributed by atoms with Crippen molar-refractivity contribution in [2.75, 3.05) is 7.11 Å². The van der Waals surface area contributed by atoms with E-state index in [9.17, 15) is 0 Å². The Morgan fingerprint density at radius 3 is 2.40 bits per heavy atom. The third kappa shape index (κ3) is 4.56. The summed E-state index contributed by atoms with van der Waals surface area (Å²) >= 11 is 0.652. The van der Waals surface area contributed by atoms with Crippen molar-refractivity contribution < 1.29 is 9.22 Å². The van der Waals surface area contributed by atoms with Crippen molar-refractivity contribution in [3.8, 4) is 0 Å². The van der Waals surface area contributed by atoms with E-state index in [4.69, 9.17) is 10.7 Å². The highest BCUT2D eigenvalue weighted by Gasteiger charge is 1.68. The van der Waals surface area contributed by atoms with Gasteiger partial charge in [-0.1, -0.05) is 0 Å². The molecular weight excluding hydrogens is 112 g/mol. The molecule has 2 nitrogen and oxygen atoms in total. The summed E-state index contributed by atoms with van der Waals surface area (Å²) in [5.74, 6) is 0. The molecule has 0 aliphatic rings. The molecule has 0 rings (SSSR count). The quantitative estimate of drug-likeness (QED) is 0.307. The highest BCUT2D eigenvalue weighted by molar-refractivity contribution is 8.17. The lowest BCUT2D eigenvalue weighted by atomic mass is 11.8. The van der Waals surface area contributed by atoms with Crippen molar-refractivity contribution in [3.05, 3.63) is 0 Å². The van der Waals surface area contributed by atoms with Gasteiger partial charge in [0.2, 0.25) is 0 Å². The van der Waals surface area contributed by atoms with E-state index in [0.717, 1.165) is 0 Å². The molecule has 0 saturated heterocycles. The van der Waals surface area contributed by atoms with E-state index in [1.54, 1.807) is 0 Å². The van der Waals surface area contributed by atoms with Crippen LogP contribution in [0.15, 0.2) is 0 Å². The van der Waals surface area contributed by atoms with Gasteiger partial charge in [0.05, 0.1) is 7.11 Å². The van der Waals surface area contributed by atoms with E-state index in [2.05, 4.69) is 9.22 Å². The fourth-order valence-corrected chi connectivity index (χ4v) is 0.231. The predicted molar refractivity (Wildman–Crippen MR) is 21.5 cm³/mol. The molecule has 4 heteroatoms. The van der Waals surface area contributed by atoms with Crippen LogP contribution in [0.25, 0.3) is 0 Å². The second-order valence-corrected chi connectivity index (χ2v) is 0.938. The SMILES string of the molecule is COOSCl. The van der Waals surface area contributed by atoms with Crippen molar-refractivity contribution >= 4 is 21.9 Å². The van der Waals surface area contributed by atoms with Crippen molar-refractivity contribution in [2.24, 2.45) is 0 Å². The monoisotopic (exact) mass is 114 g/mol. The molecule has 0 bridgehead atoms. The van der Waals surface area contributed by atoms with Gasteiger partial charge in [0, 0.05) is 0 Å². The standard InChI is InChI=1S/CH3ClO2S/c1-3-4-5-2/h1H3. The van der Waals surface area contributed by atoms with Crippen molar-refractivity contribution in [3.63, 3.8) is 0 Å². The minimum Gasteiger partial charge on any atom is -0.227 e. The topological polar surface area (TPSA) is 18.5 Å². The molecule has 0 amide bonds. The van der Waals surface area contributed by atoms with Crippen LogP contribution in [0, 0.1) is 0 Å². The molecule has 0 N–H and O–H groups in total. The maximum absolute atomic E-state index is 4.87. The number of hydrogen-bond acceptors (Lipinski definition) is 3. The van der Waals surface area contributed by atoms with Gasteiger partial charge in [-0.05, 0) is 10.7 Å². The van der Waals surface area contributed by atoms with Gasteiger partial charge in [-0.15, -0.1) is 4.33 Å². The Bertz CT molecular complexity index is 17.1. The molecule has 0 aliphatic carbocycles. The van der Waals surface area contributed by atoms with Crippen molar-refractivity contribution in [1.29, 1.82) is 0 Å². The molecule has 5 heavy (non-hydrogen) atoms. The number of rotatable bonds is 2. The van der Waals surface area contributed by atoms with Crippen LogP contribution in [-0.2, 0) is 9.22 Å². The molecular formula is CH3ClO2S. The third-order valence-corrected chi connectivity index (χ3v) is 0.436. The van der Waals surface area contributed by atoms with Gasteiger partial charge in [0.15, 0.2) is 0 Å². The van der Waals surface area contributed by atoms with Crippen LogP contribution in [0.1, 0.15) is 0 Å². The second-order valence-electron chi connectivity index (χ2n) is 0.298. The molecule has 0 aliphatic heterocycles. The van der Waals surface area contributed by atoms with E-state index in [-0.39, 0.29) is 0 Å². The Labute approximate surface area is 39.0 Å². The van der Waals surface area contributed by atoms with E-state index in [1.807, 2.05) is 0 Å². The molecule has 0 aromatic heterocycles. The van der Waals surface area contributed by atoms with E-state index in [1.165, 1.54) is 7.11 Å². The van der Waals surface area contributed by atoms with Crippen LogP contribution in [0.3, 0.4) is 0 Å². The molecule has 0 heterocycles. The minimum absolute atomic E-state index is 0.652. The molecule has 0 saturated carbocycles. The van der Waals surface area contributed by atoms with Crippen molar-refractivity contribution in [1.82, 2.24) is 0 Å². The molecule has 0 radical (unpaired) electrons. The molecule has 0 spiro atoms. The Kier molecular flexibility index (Phi) is 5.07. The number of hydrogen-bond donors (Lipinski definition) is 0. The summed E-state index contributed by atoms with van der Waals surface area (Å²) in [5, 5.41) is 0. The second kappa shape index (κ2) is 4.56. The molecule has 0 atom stereocenters. The Morgan fingerprint density at radius 2 is 2.40 bits per heavy atom. The molecule has 0 aromatic carbocycles. The molecule has 0 aromatic rings. The average Bonchev–Trinajstić information content (AvgIpc) is 1.41. The summed E-state index contributed by atoms with van der Waals surface area (Å²) in [4.78, 5) is 4.02. The minimum atomic E-state index is 0.652. The zero-order valence-corrected chi connectivity index (χ0v) is 4.18. The zero-order valence-electron chi connectivity index (χ0n) is 2.60. The first-order valence-corrected chi connectivity index (χ1v) is 2.46. The van der Waals surface area contributed by atoms with Gasteiger partial charge >= 0.3 is 0 Å². The van der Waals surface area contributed by atoms with Gasteiger partial charge < -0.3 is 0 Å². The van der Waals surface area contributed by atoms with Crippen molar-refractivity contribution in [2.45, 2.75) is 0 Å². The smallest absolute Gasteiger partial charge is 0.141 e. The zero-order chi connectivity index (χ0) is 4.12.